The fourth-order valence-corrected chi connectivity index (χ4v) is 3.41. The standard InChI is InChI=1S/C18H30N4O2/c1-12(2)18(24)22-8-6-15(7-9-22)10-17(23)19-13(3)16-11-21(5)20-14(16)4/h11-13,15H,6-10H2,1-5H3,(H,19,23). The number of hydrogen-bond acceptors (Lipinski definition) is 3. The van der Waals surface area contributed by atoms with Crippen molar-refractivity contribution in [1.29, 1.82) is 0 Å². The maximum absolute atomic E-state index is 12.3. The number of piperidine rings is 1. The van der Waals surface area contributed by atoms with Crippen LogP contribution in [0.5, 0.6) is 0 Å². The van der Waals surface area contributed by atoms with Gasteiger partial charge in [-0.2, -0.15) is 5.10 Å². The second kappa shape index (κ2) is 7.81. The molecule has 2 amide bonds. The summed E-state index contributed by atoms with van der Waals surface area (Å²) in [6, 6.07) is -0.0335. The van der Waals surface area contributed by atoms with E-state index in [0.29, 0.717) is 12.3 Å². The van der Waals surface area contributed by atoms with Crippen LogP contribution in [0.3, 0.4) is 0 Å². The molecule has 134 valence electrons. The van der Waals surface area contributed by atoms with Gasteiger partial charge in [-0.05, 0) is 32.6 Å². The van der Waals surface area contributed by atoms with Crippen molar-refractivity contribution < 1.29 is 9.59 Å². The summed E-state index contributed by atoms with van der Waals surface area (Å²) in [6.07, 6.45) is 4.31. The first-order valence-electron chi connectivity index (χ1n) is 8.86. The lowest BCUT2D eigenvalue weighted by molar-refractivity contribution is -0.136. The number of carbonyl (C=O) groups is 2. The van der Waals surface area contributed by atoms with Crippen molar-refractivity contribution in [1.82, 2.24) is 20.0 Å². The second-order valence-corrected chi connectivity index (χ2v) is 7.26. The van der Waals surface area contributed by atoms with Crippen molar-refractivity contribution in [2.24, 2.45) is 18.9 Å². The SMILES string of the molecule is Cc1nn(C)cc1C(C)NC(=O)CC1CCN(C(=O)C(C)C)CC1. The Morgan fingerprint density at radius 3 is 2.42 bits per heavy atom. The fraction of sp³-hybridized carbons (Fsp3) is 0.722. The molecule has 0 radical (unpaired) electrons. The molecule has 6 heteroatoms. The van der Waals surface area contributed by atoms with Crippen LogP contribution < -0.4 is 5.32 Å². The van der Waals surface area contributed by atoms with E-state index in [1.807, 2.05) is 45.8 Å². The average molecular weight is 334 g/mol. The predicted molar refractivity (Wildman–Crippen MR) is 93.3 cm³/mol. The average Bonchev–Trinajstić information content (AvgIpc) is 2.85. The summed E-state index contributed by atoms with van der Waals surface area (Å²) in [7, 11) is 1.89. The van der Waals surface area contributed by atoms with Gasteiger partial charge in [0.25, 0.3) is 0 Å². The molecule has 1 saturated heterocycles. The number of carbonyl (C=O) groups excluding carboxylic acids is 2. The number of amides is 2. The molecular weight excluding hydrogens is 304 g/mol. The highest BCUT2D eigenvalue weighted by atomic mass is 16.2. The minimum atomic E-state index is -0.0335. The van der Waals surface area contributed by atoms with Gasteiger partial charge in [0.1, 0.15) is 0 Å². The molecule has 24 heavy (non-hydrogen) atoms. The molecule has 0 saturated carbocycles. The van der Waals surface area contributed by atoms with Crippen LogP contribution >= 0.6 is 0 Å². The van der Waals surface area contributed by atoms with E-state index in [1.165, 1.54) is 0 Å². The van der Waals surface area contributed by atoms with Gasteiger partial charge in [-0.3, -0.25) is 14.3 Å². The summed E-state index contributed by atoms with van der Waals surface area (Å²) in [5.41, 5.74) is 2.01. The first-order valence-corrected chi connectivity index (χ1v) is 8.86. The van der Waals surface area contributed by atoms with Gasteiger partial charge in [0, 0.05) is 44.2 Å². The summed E-state index contributed by atoms with van der Waals surface area (Å²) < 4.78 is 1.77. The van der Waals surface area contributed by atoms with Crippen molar-refractivity contribution in [3.63, 3.8) is 0 Å². The quantitative estimate of drug-likeness (QED) is 0.897. The van der Waals surface area contributed by atoms with Crippen molar-refractivity contribution in [2.75, 3.05) is 13.1 Å². The van der Waals surface area contributed by atoms with Gasteiger partial charge in [0.05, 0.1) is 11.7 Å². The maximum atomic E-state index is 12.3. The molecule has 1 atom stereocenters. The molecule has 1 fully saturated rings. The highest BCUT2D eigenvalue weighted by Gasteiger charge is 2.26. The van der Waals surface area contributed by atoms with Crippen molar-refractivity contribution in [3.8, 4) is 0 Å². The van der Waals surface area contributed by atoms with Crippen LogP contribution in [0.25, 0.3) is 0 Å². The first kappa shape index (κ1) is 18.5. The van der Waals surface area contributed by atoms with Gasteiger partial charge >= 0.3 is 0 Å². The predicted octanol–water partition coefficient (Wildman–Crippen LogP) is 2.19. The molecule has 1 aromatic rings. The van der Waals surface area contributed by atoms with Crippen LogP contribution in [-0.4, -0.2) is 39.6 Å². The molecule has 6 nitrogen and oxygen atoms in total. The summed E-state index contributed by atoms with van der Waals surface area (Å²) in [6.45, 7) is 9.36. The third-order valence-electron chi connectivity index (χ3n) is 4.79. The van der Waals surface area contributed by atoms with E-state index < -0.39 is 0 Å². The van der Waals surface area contributed by atoms with Crippen LogP contribution in [0.2, 0.25) is 0 Å². The van der Waals surface area contributed by atoms with Crippen LogP contribution in [0.4, 0.5) is 0 Å². The van der Waals surface area contributed by atoms with Gasteiger partial charge in [0.2, 0.25) is 11.8 Å². The number of aryl methyl sites for hydroxylation is 2. The Kier molecular flexibility index (Phi) is 6.02. The van der Waals surface area contributed by atoms with Crippen molar-refractivity contribution in [2.45, 2.75) is 53.0 Å². The Morgan fingerprint density at radius 1 is 1.29 bits per heavy atom. The molecule has 2 rings (SSSR count). The Hall–Kier alpha value is -1.85. The Morgan fingerprint density at radius 2 is 1.92 bits per heavy atom. The van der Waals surface area contributed by atoms with E-state index in [4.69, 9.17) is 0 Å². The highest BCUT2D eigenvalue weighted by molar-refractivity contribution is 5.78. The van der Waals surface area contributed by atoms with E-state index in [0.717, 1.165) is 37.2 Å². The van der Waals surface area contributed by atoms with E-state index in [2.05, 4.69) is 10.4 Å². The van der Waals surface area contributed by atoms with Gasteiger partial charge in [-0.25, -0.2) is 0 Å². The molecule has 0 aliphatic carbocycles. The molecule has 1 aromatic heterocycles. The number of aromatic nitrogens is 2. The maximum Gasteiger partial charge on any atom is 0.225 e. The summed E-state index contributed by atoms with van der Waals surface area (Å²) >= 11 is 0. The van der Waals surface area contributed by atoms with Gasteiger partial charge < -0.3 is 10.2 Å². The number of hydrogen-bond donors (Lipinski definition) is 1. The molecule has 1 aliphatic rings. The fourth-order valence-electron chi connectivity index (χ4n) is 3.41. The molecule has 1 unspecified atom stereocenters. The zero-order valence-electron chi connectivity index (χ0n) is 15.5. The molecule has 0 bridgehead atoms. The van der Waals surface area contributed by atoms with Gasteiger partial charge in [-0.15, -0.1) is 0 Å². The topological polar surface area (TPSA) is 67.2 Å². The molecular formula is C18H30N4O2. The molecule has 1 N–H and O–H groups in total. The van der Waals surface area contributed by atoms with E-state index in [-0.39, 0.29) is 23.8 Å². The number of rotatable bonds is 5. The third-order valence-corrected chi connectivity index (χ3v) is 4.79. The summed E-state index contributed by atoms with van der Waals surface area (Å²) in [5, 5.41) is 7.40. The lowest BCUT2D eigenvalue weighted by atomic mass is 9.92. The normalized spacial score (nSPS) is 17.2. The number of nitrogens with zero attached hydrogens (tertiary/aromatic N) is 3. The monoisotopic (exact) mass is 334 g/mol. The largest absolute Gasteiger partial charge is 0.349 e. The Balaban J connectivity index is 1.79. The minimum Gasteiger partial charge on any atom is -0.349 e. The molecule has 2 heterocycles. The Labute approximate surface area is 144 Å². The van der Waals surface area contributed by atoms with Gasteiger partial charge in [0.15, 0.2) is 0 Å². The molecule has 0 aromatic carbocycles. The highest BCUT2D eigenvalue weighted by Crippen LogP contribution is 2.22. The second-order valence-electron chi connectivity index (χ2n) is 7.26. The van der Waals surface area contributed by atoms with E-state index >= 15 is 0 Å². The third kappa shape index (κ3) is 4.58. The Bertz CT molecular complexity index is 586. The smallest absolute Gasteiger partial charge is 0.225 e. The van der Waals surface area contributed by atoms with E-state index in [9.17, 15) is 9.59 Å². The molecule has 0 spiro atoms. The van der Waals surface area contributed by atoms with Gasteiger partial charge in [-0.1, -0.05) is 13.8 Å². The zero-order valence-corrected chi connectivity index (χ0v) is 15.5. The van der Waals surface area contributed by atoms with Crippen LogP contribution in [0.1, 0.15) is 57.3 Å². The number of nitrogens with one attached hydrogen (secondary N) is 1. The zero-order chi connectivity index (χ0) is 17.9. The first-order chi connectivity index (χ1) is 11.3. The summed E-state index contributed by atoms with van der Waals surface area (Å²) in [4.78, 5) is 26.3. The summed E-state index contributed by atoms with van der Waals surface area (Å²) in [5.74, 6) is 0.717. The lowest BCUT2D eigenvalue weighted by Gasteiger charge is -2.33. The van der Waals surface area contributed by atoms with Crippen LogP contribution in [-0.2, 0) is 16.6 Å². The number of likely N-dealkylation sites (tertiary alicyclic amines) is 1. The van der Waals surface area contributed by atoms with E-state index in [1.54, 1.807) is 4.68 Å². The van der Waals surface area contributed by atoms with Crippen LogP contribution in [0.15, 0.2) is 6.20 Å². The lowest BCUT2D eigenvalue weighted by Crippen LogP contribution is -2.41. The minimum absolute atomic E-state index is 0.0335. The van der Waals surface area contributed by atoms with Crippen LogP contribution in [0, 0.1) is 18.8 Å². The molecule has 1 aliphatic heterocycles. The van der Waals surface area contributed by atoms with Crippen molar-refractivity contribution in [3.05, 3.63) is 17.5 Å². The van der Waals surface area contributed by atoms with Crippen molar-refractivity contribution >= 4 is 11.8 Å².